The van der Waals surface area contributed by atoms with Crippen LogP contribution in [-0.4, -0.2) is 41.5 Å². The van der Waals surface area contributed by atoms with Gasteiger partial charge in [-0.1, -0.05) is 6.07 Å². The summed E-state index contributed by atoms with van der Waals surface area (Å²) in [5.74, 6) is 0.107. The van der Waals surface area contributed by atoms with Crippen LogP contribution in [0.5, 0.6) is 0 Å². The summed E-state index contributed by atoms with van der Waals surface area (Å²) in [5, 5.41) is 27.8. The lowest BCUT2D eigenvalue weighted by atomic mass is 9.78. The molecule has 3 heterocycles. The van der Waals surface area contributed by atoms with Crippen LogP contribution in [-0.2, 0) is 15.0 Å². The maximum Gasteiger partial charge on any atom is 0.492 e. The van der Waals surface area contributed by atoms with E-state index in [-0.39, 0.29) is 11.5 Å². The standard InChI is InChI=1S/C13H15BN4O3.C6H9NO/c1-13(2)9-4-3-7(5-10(9)14(20)21-13)17-12-8(11(15)19)6-16-18-12;7-5-6-1-3-8-4-2-6/h3-6,20H,1-2H3,(H2,15,19)(H2,16,17,18);6H,1-4H2. The van der Waals surface area contributed by atoms with Crippen molar-refractivity contribution in [3.8, 4) is 6.07 Å². The second-order valence-corrected chi connectivity index (χ2v) is 7.45. The lowest BCUT2D eigenvalue weighted by Crippen LogP contribution is -2.28. The molecule has 0 spiro atoms. The van der Waals surface area contributed by atoms with Gasteiger partial charge in [0.15, 0.2) is 0 Å². The molecule has 2 aromatic rings. The van der Waals surface area contributed by atoms with Crippen LogP contribution in [0.2, 0.25) is 0 Å². The molecule has 2 aliphatic heterocycles. The number of nitriles is 1. The number of anilines is 2. The molecule has 1 saturated heterocycles. The van der Waals surface area contributed by atoms with Crippen molar-refractivity contribution in [2.24, 2.45) is 11.7 Å². The minimum absolute atomic E-state index is 0.267. The number of carbonyl (C=O) groups is 1. The number of H-pyrrole nitrogens is 1. The van der Waals surface area contributed by atoms with E-state index in [0.717, 1.165) is 31.6 Å². The van der Waals surface area contributed by atoms with E-state index >= 15 is 0 Å². The fourth-order valence-corrected chi connectivity index (χ4v) is 3.34. The van der Waals surface area contributed by atoms with Crippen molar-refractivity contribution >= 4 is 30.0 Å². The second-order valence-electron chi connectivity index (χ2n) is 7.45. The van der Waals surface area contributed by atoms with Crippen LogP contribution in [0.1, 0.15) is 42.6 Å². The minimum atomic E-state index is -0.964. The van der Waals surface area contributed by atoms with Crippen molar-refractivity contribution in [3.63, 3.8) is 0 Å². The summed E-state index contributed by atoms with van der Waals surface area (Å²) in [6.45, 7) is 5.35. The summed E-state index contributed by atoms with van der Waals surface area (Å²) in [4.78, 5) is 11.3. The number of hydrogen-bond acceptors (Lipinski definition) is 7. The van der Waals surface area contributed by atoms with Crippen LogP contribution in [0.4, 0.5) is 11.5 Å². The van der Waals surface area contributed by atoms with Gasteiger partial charge in [-0.2, -0.15) is 10.4 Å². The van der Waals surface area contributed by atoms with E-state index in [0.29, 0.717) is 17.0 Å². The summed E-state index contributed by atoms with van der Waals surface area (Å²) < 4.78 is 10.6. The zero-order valence-corrected chi connectivity index (χ0v) is 16.4. The van der Waals surface area contributed by atoms with Gasteiger partial charge in [-0.05, 0) is 49.8 Å². The molecule has 1 amide bonds. The molecule has 29 heavy (non-hydrogen) atoms. The summed E-state index contributed by atoms with van der Waals surface area (Å²) in [5.41, 5.74) is 7.33. The number of aromatic amines is 1. The Hall–Kier alpha value is -2.87. The number of hydrogen-bond donors (Lipinski definition) is 4. The molecule has 0 aliphatic carbocycles. The maximum absolute atomic E-state index is 11.3. The summed E-state index contributed by atoms with van der Waals surface area (Å²) >= 11 is 0. The topological polar surface area (TPSA) is 146 Å². The predicted molar refractivity (Wildman–Crippen MR) is 108 cm³/mol. The van der Waals surface area contributed by atoms with Gasteiger partial charge in [-0.25, -0.2) is 0 Å². The smallest absolute Gasteiger partial charge is 0.423 e. The summed E-state index contributed by atoms with van der Waals surface area (Å²) in [6, 6.07) is 7.73. The molecule has 0 radical (unpaired) electrons. The molecule has 9 nitrogen and oxygen atoms in total. The molecule has 10 heteroatoms. The van der Waals surface area contributed by atoms with Crippen LogP contribution in [0.3, 0.4) is 0 Å². The SMILES string of the molecule is CC1(C)OB(O)c2cc(Nc3[nH]ncc3C(N)=O)ccc21.N#CC1CCOCC1. The van der Waals surface area contributed by atoms with Gasteiger partial charge < -0.3 is 25.5 Å². The average molecular weight is 397 g/mol. The van der Waals surface area contributed by atoms with E-state index < -0.39 is 18.6 Å². The van der Waals surface area contributed by atoms with E-state index in [9.17, 15) is 9.82 Å². The number of fused-ring (bicyclic) bond motifs is 1. The van der Waals surface area contributed by atoms with Crippen LogP contribution in [0, 0.1) is 17.2 Å². The molecule has 4 rings (SSSR count). The first kappa shape index (κ1) is 20.9. The number of carbonyl (C=O) groups excluding carboxylic acids is 1. The fourth-order valence-electron chi connectivity index (χ4n) is 3.34. The summed E-state index contributed by atoms with van der Waals surface area (Å²) in [7, 11) is -0.964. The molecular formula is C19H24BN5O4. The first-order valence-corrected chi connectivity index (χ1v) is 9.39. The van der Waals surface area contributed by atoms with Crippen LogP contribution in [0.15, 0.2) is 24.4 Å². The van der Waals surface area contributed by atoms with Crippen molar-refractivity contribution in [1.82, 2.24) is 10.2 Å². The highest BCUT2D eigenvalue weighted by molar-refractivity contribution is 6.62. The van der Waals surface area contributed by atoms with E-state index in [1.165, 1.54) is 6.20 Å². The minimum Gasteiger partial charge on any atom is -0.423 e. The number of primary amides is 1. The number of nitrogens with zero attached hydrogens (tertiary/aromatic N) is 2. The van der Waals surface area contributed by atoms with E-state index in [1.54, 1.807) is 6.07 Å². The average Bonchev–Trinajstić information content (AvgIpc) is 3.25. The highest BCUT2D eigenvalue weighted by Gasteiger charge is 2.40. The third-order valence-electron chi connectivity index (χ3n) is 4.95. The zero-order valence-electron chi connectivity index (χ0n) is 16.4. The lowest BCUT2D eigenvalue weighted by Gasteiger charge is -2.19. The molecule has 0 saturated carbocycles. The van der Waals surface area contributed by atoms with Gasteiger partial charge in [0, 0.05) is 18.9 Å². The van der Waals surface area contributed by atoms with Gasteiger partial charge >= 0.3 is 7.12 Å². The number of ether oxygens (including phenoxy) is 1. The number of aromatic nitrogens is 2. The number of amides is 1. The Morgan fingerprint density at radius 1 is 1.45 bits per heavy atom. The third-order valence-corrected chi connectivity index (χ3v) is 4.95. The molecule has 1 fully saturated rings. The highest BCUT2D eigenvalue weighted by atomic mass is 16.5. The Balaban J connectivity index is 0.000000252. The molecule has 1 aromatic heterocycles. The van der Waals surface area contributed by atoms with Gasteiger partial charge in [-0.15, -0.1) is 0 Å². The molecule has 152 valence electrons. The normalized spacial score (nSPS) is 17.7. The second kappa shape index (κ2) is 8.65. The van der Waals surface area contributed by atoms with Crippen molar-refractivity contribution < 1.29 is 19.2 Å². The molecule has 2 aliphatic rings. The van der Waals surface area contributed by atoms with Gasteiger partial charge in [0.25, 0.3) is 5.91 Å². The lowest BCUT2D eigenvalue weighted by molar-refractivity contribution is 0.0802. The van der Waals surface area contributed by atoms with E-state index in [4.69, 9.17) is 20.4 Å². The van der Waals surface area contributed by atoms with Crippen molar-refractivity contribution in [1.29, 1.82) is 5.26 Å². The first-order chi connectivity index (χ1) is 13.8. The Morgan fingerprint density at radius 2 is 2.17 bits per heavy atom. The Labute approximate surface area is 169 Å². The fraction of sp³-hybridized carbons (Fsp3) is 0.421. The van der Waals surface area contributed by atoms with Crippen LogP contribution < -0.4 is 16.5 Å². The Morgan fingerprint density at radius 3 is 2.79 bits per heavy atom. The molecule has 1 aromatic carbocycles. The first-order valence-electron chi connectivity index (χ1n) is 9.39. The number of benzene rings is 1. The van der Waals surface area contributed by atoms with Gasteiger partial charge in [0.2, 0.25) is 0 Å². The Kier molecular flexibility index (Phi) is 6.22. The third kappa shape index (κ3) is 4.76. The number of nitrogens with one attached hydrogen (secondary N) is 2. The van der Waals surface area contributed by atoms with Crippen LogP contribution >= 0.6 is 0 Å². The number of nitrogens with two attached hydrogens (primary N) is 1. The quantitative estimate of drug-likeness (QED) is 0.568. The highest BCUT2D eigenvalue weighted by Crippen LogP contribution is 2.31. The molecule has 0 bridgehead atoms. The largest absolute Gasteiger partial charge is 0.492 e. The number of rotatable bonds is 3. The van der Waals surface area contributed by atoms with E-state index in [2.05, 4.69) is 21.6 Å². The van der Waals surface area contributed by atoms with Crippen molar-refractivity contribution in [2.75, 3.05) is 18.5 Å². The molecule has 0 atom stereocenters. The molecule has 0 unspecified atom stereocenters. The van der Waals surface area contributed by atoms with Gasteiger partial charge in [-0.3, -0.25) is 9.89 Å². The van der Waals surface area contributed by atoms with Crippen molar-refractivity contribution in [2.45, 2.75) is 32.3 Å². The van der Waals surface area contributed by atoms with E-state index in [1.807, 2.05) is 26.0 Å². The summed E-state index contributed by atoms with van der Waals surface area (Å²) in [6.07, 6.45) is 3.21. The Bertz CT molecular complexity index is 918. The van der Waals surface area contributed by atoms with Gasteiger partial charge in [0.1, 0.15) is 11.4 Å². The van der Waals surface area contributed by atoms with Crippen LogP contribution in [0.25, 0.3) is 0 Å². The zero-order chi connectivity index (χ0) is 21.0. The maximum atomic E-state index is 11.3. The predicted octanol–water partition coefficient (Wildman–Crippen LogP) is 1.14. The monoisotopic (exact) mass is 397 g/mol. The van der Waals surface area contributed by atoms with Gasteiger partial charge in [0.05, 0.1) is 23.8 Å². The van der Waals surface area contributed by atoms with Crippen molar-refractivity contribution in [3.05, 3.63) is 35.5 Å². The molecule has 5 N–H and O–H groups in total. The molecular weight excluding hydrogens is 373 g/mol.